The van der Waals surface area contributed by atoms with Gasteiger partial charge in [-0.1, -0.05) is 18.2 Å². The number of Topliss-reactive ketones (excluding diaryl/α,β-unsaturated/α-hetero) is 1. The number of aromatic nitrogens is 3. The Hall–Kier alpha value is -3.48. The topological polar surface area (TPSA) is 88.2 Å². The lowest BCUT2D eigenvalue weighted by atomic mass is 9.84. The molecule has 1 atom stereocenters. The van der Waals surface area contributed by atoms with Crippen LogP contribution in [0.3, 0.4) is 0 Å². The minimum atomic E-state index is -0.534. The van der Waals surface area contributed by atoms with Crippen LogP contribution in [0.1, 0.15) is 46.5 Å². The highest BCUT2D eigenvalue weighted by atomic mass is 16.5. The molecule has 1 saturated heterocycles. The van der Waals surface area contributed by atoms with Crippen molar-refractivity contribution in [2.45, 2.75) is 31.3 Å². The molecule has 7 heteroatoms. The van der Waals surface area contributed by atoms with Crippen molar-refractivity contribution in [3.8, 4) is 17.1 Å². The number of carbonyl (C=O) groups excluding carboxylic acids is 2. The van der Waals surface area contributed by atoms with Crippen LogP contribution < -0.4 is 4.74 Å². The summed E-state index contributed by atoms with van der Waals surface area (Å²) in [5.41, 5.74) is 1.92. The van der Waals surface area contributed by atoms with E-state index in [2.05, 4.69) is 15.2 Å². The number of H-pyrrole nitrogens is 1. The third kappa shape index (κ3) is 3.36. The number of carbonyl (C=O) groups is 2. The zero-order valence-electron chi connectivity index (χ0n) is 16.5. The van der Waals surface area contributed by atoms with Gasteiger partial charge in [0.25, 0.3) is 5.91 Å². The second-order valence-electron chi connectivity index (χ2n) is 7.91. The molecule has 1 aromatic carbocycles. The van der Waals surface area contributed by atoms with Gasteiger partial charge in [-0.2, -0.15) is 5.10 Å². The molecule has 152 valence electrons. The van der Waals surface area contributed by atoms with E-state index in [1.54, 1.807) is 12.3 Å². The molecular weight excluding hydrogens is 380 g/mol. The van der Waals surface area contributed by atoms with Gasteiger partial charge in [0, 0.05) is 25.7 Å². The minimum absolute atomic E-state index is 0.0933. The number of aromatic amines is 1. The highest BCUT2D eigenvalue weighted by molar-refractivity contribution is 6.00. The third-order valence-electron chi connectivity index (χ3n) is 5.92. The summed E-state index contributed by atoms with van der Waals surface area (Å²) in [6.07, 6.45) is 4.21. The number of para-hydroxylation sites is 1. The predicted molar refractivity (Wildman–Crippen MR) is 110 cm³/mol. The van der Waals surface area contributed by atoms with Gasteiger partial charge in [-0.15, -0.1) is 0 Å². The summed E-state index contributed by atoms with van der Waals surface area (Å²) >= 11 is 0. The Morgan fingerprint density at radius 1 is 1.07 bits per heavy atom. The lowest BCUT2D eigenvalue weighted by Gasteiger charge is -2.37. The van der Waals surface area contributed by atoms with Crippen molar-refractivity contribution < 1.29 is 14.3 Å². The van der Waals surface area contributed by atoms with Crippen LogP contribution in [0.25, 0.3) is 11.4 Å². The summed E-state index contributed by atoms with van der Waals surface area (Å²) in [6.45, 7) is 1.16. The monoisotopic (exact) mass is 402 g/mol. The average molecular weight is 402 g/mol. The molecule has 0 bridgehead atoms. The van der Waals surface area contributed by atoms with Crippen molar-refractivity contribution in [3.63, 3.8) is 0 Å². The number of ketones is 1. The fraction of sp³-hybridized carbons (Fsp3) is 0.304. The van der Waals surface area contributed by atoms with Crippen molar-refractivity contribution in [3.05, 3.63) is 66.0 Å². The molecule has 5 rings (SSSR count). The summed E-state index contributed by atoms with van der Waals surface area (Å²) in [4.78, 5) is 31.8. The highest BCUT2D eigenvalue weighted by Crippen LogP contribution is 2.39. The van der Waals surface area contributed by atoms with Crippen molar-refractivity contribution in [2.75, 3.05) is 13.1 Å². The predicted octanol–water partition coefficient (Wildman–Crippen LogP) is 3.50. The standard InChI is InChI=1S/C23H22N4O3/c28-20-15-23(30-21-8-2-1-6-16(20)21)9-5-12-27(13-10-23)22(29)19-14-18(25-26-19)17-7-3-4-11-24-17/h1-4,6-8,11,14H,5,9-10,12-13,15H2,(H,25,26). The molecule has 1 spiro atoms. The number of likely N-dealkylation sites (tertiary alicyclic amines) is 1. The van der Waals surface area contributed by atoms with Crippen LogP contribution in [-0.4, -0.2) is 50.5 Å². The number of pyridine rings is 1. The second-order valence-corrected chi connectivity index (χ2v) is 7.91. The Kier molecular flexibility index (Phi) is 4.58. The number of benzene rings is 1. The number of hydrogen-bond donors (Lipinski definition) is 1. The zero-order valence-corrected chi connectivity index (χ0v) is 16.5. The molecule has 1 fully saturated rings. The smallest absolute Gasteiger partial charge is 0.271 e. The molecule has 4 heterocycles. The second kappa shape index (κ2) is 7.40. The van der Waals surface area contributed by atoms with E-state index in [-0.39, 0.29) is 11.7 Å². The van der Waals surface area contributed by atoms with Gasteiger partial charge in [0.15, 0.2) is 5.78 Å². The van der Waals surface area contributed by atoms with Crippen LogP contribution in [0, 0.1) is 0 Å². The minimum Gasteiger partial charge on any atom is -0.486 e. The number of amides is 1. The van der Waals surface area contributed by atoms with Crippen LogP contribution in [0.15, 0.2) is 54.7 Å². The van der Waals surface area contributed by atoms with Crippen LogP contribution in [-0.2, 0) is 0 Å². The molecule has 2 aliphatic heterocycles. The number of ether oxygens (including phenoxy) is 1. The summed E-state index contributed by atoms with van der Waals surface area (Å²) in [7, 11) is 0. The molecule has 2 aliphatic rings. The van der Waals surface area contributed by atoms with Crippen LogP contribution >= 0.6 is 0 Å². The van der Waals surface area contributed by atoms with Crippen molar-refractivity contribution in [2.24, 2.45) is 0 Å². The van der Waals surface area contributed by atoms with Gasteiger partial charge in [-0.3, -0.25) is 19.7 Å². The Balaban J connectivity index is 1.31. The Morgan fingerprint density at radius 3 is 2.80 bits per heavy atom. The molecule has 0 aliphatic carbocycles. The van der Waals surface area contributed by atoms with E-state index in [4.69, 9.17) is 4.74 Å². The number of hydrogen-bond acceptors (Lipinski definition) is 5. The van der Waals surface area contributed by atoms with E-state index < -0.39 is 5.60 Å². The number of rotatable bonds is 2. The Bertz CT molecular complexity index is 1090. The van der Waals surface area contributed by atoms with Gasteiger partial charge in [0.1, 0.15) is 22.7 Å². The summed E-state index contributed by atoms with van der Waals surface area (Å²) < 4.78 is 6.32. The maximum Gasteiger partial charge on any atom is 0.271 e. The zero-order chi connectivity index (χ0) is 20.6. The molecule has 3 aromatic rings. The van der Waals surface area contributed by atoms with Crippen LogP contribution in [0.2, 0.25) is 0 Å². The quantitative estimate of drug-likeness (QED) is 0.709. The Morgan fingerprint density at radius 2 is 1.93 bits per heavy atom. The summed E-state index contributed by atoms with van der Waals surface area (Å²) in [6, 6.07) is 14.7. The number of nitrogens with one attached hydrogen (secondary N) is 1. The van der Waals surface area contributed by atoms with E-state index in [9.17, 15) is 9.59 Å². The first-order valence-electron chi connectivity index (χ1n) is 10.2. The lowest BCUT2D eigenvalue weighted by molar-refractivity contribution is 0.0300. The molecule has 7 nitrogen and oxygen atoms in total. The van der Waals surface area contributed by atoms with Crippen molar-refractivity contribution in [1.82, 2.24) is 20.1 Å². The van der Waals surface area contributed by atoms with E-state index >= 15 is 0 Å². The van der Waals surface area contributed by atoms with Crippen LogP contribution in [0.5, 0.6) is 5.75 Å². The fourth-order valence-corrected chi connectivity index (χ4v) is 4.34. The lowest BCUT2D eigenvalue weighted by Crippen LogP contribution is -2.43. The van der Waals surface area contributed by atoms with Gasteiger partial charge in [-0.25, -0.2) is 0 Å². The molecular formula is C23H22N4O3. The highest BCUT2D eigenvalue weighted by Gasteiger charge is 2.42. The van der Waals surface area contributed by atoms with Crippen molar-refractivity contribution >= 4 is 11.7 Å². The van der Waals surface area contributed by atoms with E-state index in [0.29, 0.717) is 48.6 Å². The SMILES string of the molecule is O=C1CC2(CCCN(C(=O)c3cc(-c4ccccn4)n[nH]3)CC2)Oc2ccccc21. The molecule has 0 saturated carbocycles. The van der Waals surface area contributed by atoms with E-state index in [1.807, 2.05) is 47.4 Å². The molecule has 1 N–H and O–H groups in total. The van der Waals surface area contributed by atoms with E-state index in [1.165, 1.54) is 0 Å². The average Bonchev–Trinajstić information content (AvgIpc) is 3.18. The van der Waals surface area contributed by atoms with Gasteiger partial charge in [0.2, 0.25) is 0 Å². The first-order valence-corrected chi connectivity index (χ1v) is 10.2. The maximum atomic E-state index is 13.1. The third-order valence-corrected chi connectivity index (χ3v) is 5.92. The van der Waals surface area contributed by atoms with Crippen LogP contribution in [0.4, 0.5) is 0 Å². The normalized spacial score (nSPS) is 21.1. The first-order chi connectivity index (χ1) is 14.6. The summed E-state index contributed by atoms with van der Waals surface area (Å²) in [5.74, 6) is 0.677. The molecule has 2 aromatic heterocycles. The van der Waals surface area contributed by atoms with Gasteiger partial charge >= 0.3 is 0 Å². The molecule has 1 amide bonds. The van der Waals surface area contributed by atoms with Gasteiger partial charge in [-0.05, 0) is 43.2 Å². The maximum absolute atomic E-state index is 13.1. The largest absolute Gasteiger partial charge is 0.486 e. The molecule has 30 heavy (non-hydrogen) atoms. The molecule has 0 radical (unpaired) electrons. The number of fused-ring (bicyclic) bond motifs is 1. The fourth-order valence-electron chi connectivity index (χ4n) is 4.34. The van der Waals surface area contributed by atoms with E-state index in [0.717, 1.165) is 18.5 Å². The van der Waals surface area contributed by atoms with Crippen molar-refractivity contribution in [1.29, 1.82) is 0 Å². The first kappa shape index (κ1) is 18.5. The molecule has 1 unspecified atom stereocenters. The van der Waals surface area contributed by atoms with Gasteiger partial charge < -0.3 is 9.64 Å². The Labute approximate surface area is 174 Å². The number of nitrogens with zero attached hydrogens (tertiary/aromatic N) is 3. The summed E-state index contributed by atoms with van der Waals surface area (Å²) in [5, 5.41) is 7.09. The van der Waals surface area contributed by atoms with Gasteiger partial charge in [0.05, 0.1) is 17.7 Å².